The lowest BCUT2D eigenvalue weighted by Gasteiger charge is -2.21. The van der Waals surface area contributed by atoms with Gasteiger partial charge in [-0.1, -0.05) is 0 Å². The van der Waals surface area contributed by atoms with Crippen LogP contribution in [0.5, 0.6) is 0 Å². The highest BCUT2D eigenvalue weighted by Gasteiger charge is 2.31. The summed E-state index contributed by atoms with van der Waals surface area (Å²) in [4.78, 5) is 1.47. The van der Waals surface area contributed by atoms with Gasteiger partial charge in [0.2, 0.25) is 0 Å². The van der Waals surface area contributed by atoms with Crippen LogP contribution in [0.1, 0.15) is 18.9 Å². The number of benzene rings is 1. The van der Waals surface area contributed by atoms with Crippen molar-refractivity contribution in [1.82, 2.24) is 0 Å². The Hall–Kier alpha value is -1.30. The van der Waals surface area contributed by atoms with Gasteiger partial charge in [0, 0.05) is 13.6 Å². The number of hydrogen-bond donors (Lipinski definition) is 1. The zero-order valence-electron chi connectivity index (χ0n) is 10.1. The first-order chi connectivity index (χ1) is 8.21. The van der Waals surface area contributed by atoms with Crippen LogP contribution in [0.2, 0.25) is 0 Å². The molecule has 1 aromatic rings. The van der Waals surface area contributed by atoms with E-state index >= 15 is 0 Å². The van der Waals surface area contributed by atoms with Crippen LogP contribution in [0.3, 0.4) is 0 Å². The fourth-order valence-electron chi connectivity index (χ4n) is 1.49. The van der Waals surface area contributed by atoms with Crippen LogP contribution in [0, 0.1) is 5.82 Å². The maximum Gasteiger partial charge on any atom is 0.416 e. The molecule has 0 bridgehead atoms. The van der Waals surface area contributed by atoms with Gasteiger partial charge in [0.1, 0.15) is 5.82 Å². The summed E-state index contributed by atoms with van der Waals surface area (Å²) in [5.74, 6) is -0.919. The number of alkyl halides is 3. The smallest absolute Gasteiger partial charge is 0.393 e. The molecule has 0 aliphatic rings. The fourth-order valence-corrected chi connectivity index (χ4v) is 1.49. The van der Waals surface area contributed by atoms with Gasteiger partial charge in [0.15, 0.2) is 0 Å². The predicted octanol–water partition coefficient (Wildman–Crippen LogP) is 3.05. The molecule has 1 aromatic carbocycles. The lowest BCUT2D eigenvalue weighted by Crippen LogP contribution is -2.23. The minimum atomic E-state index is -4.54. The molecule has 0 amide bonds. The van der Waals surface area contributed by atoms with Crippen molar-refractivity contribution in [1.29, 1.82) is 0 Å². The molecule has 0 radical (unpaired) electrons. The van der Waals surface area contributed by atoms with E-state index in [1.54, 1.807) is 14.0 Å². The third-order valence-corrected chi connectivity index (χ3v) is 2.57. The zero-order chi connectivity index (χ0) is 13.9. The Morgan fingerprint density at radius 3 is 2.39 bits per heavy atom. The van der Waals surface area contributed by atoms with E-state index in [9.17, 15) is 17.6 Å². The van der Waals surface area contributed by atoms with Gasteiger partial charge in [-0.05, 0) is 31.5 Å². The van der Waals surface area contributed by atoms with Crippen LogP contribution in [0.25, 0.3) is 0 Å². The highest BCUT2D eigenvalue weighted by molar-refractivity contribution is 5.48. The monoisotopic (exact) mass is 265 g/mol. The first-order valence-electron chi connectivity index (χ1n) is 5.47. The van der Waals surface area contributed by atoms with E-state index in [1.807, 2.05) is 0 Å². The zero-order valence-corrected chi connectivity index (χ0v) is 10.1. The minimum Gasteiger partial charge on any atom is -0.393 e. The molecule has 18 heavy (non-hydrogen) atoms. The normalized spacial score (nSPS) is 13.5. The van der Waals surface area contributed by atoms with Crippen molar-refractivity contribution in [3.05, 3.63) is 29.6 Å². The Morgan fingerprint density at radius 1 is 1.33 bits per heavy atom. The SMILES string of the molecule is CC(O)CCN(C)c1ccc(C(F)(F)F)cc1F. The quantitative estimate of drug-likeness (QED) is 0.846. The first kappa shape index (κ1) is 14.8. The molecular formula is C12H15F4NO. The lowest BCUT2D eigenvalue weighted by molar-refractivity contribution is -0.137. The third-order valence-electron chi connectivity index (χ3n) is 2.57. The number of aliphatic hydroxyl groups is 1. The van der Waals surface area contributed by atoms with Crippen LogP contribution in [0.15, 0.2) is 18.2 Å². The van der Waals surface area contributed by atoms with Crippen molar-refractivity contribution >= 4 is 5.69 Å². The van der Waals surface area contributed by atoms with E-state index in [0.717, 1.165) is 12.1 Å². The van der Waals surface area contributed by atoms with Gasteiger partial charge in [0.25, 0.3) is 0 Å². The molecule has 1 unspecified atom stereocenters. The molecule has 0 aliphatic heterocycles. The average Bonchev–Trinajstić information content (AvgIpc) is 2.24. The number of hydrogen-bond acceptors (Lipinski definition) is 2. The molecule has 0 saturated carbocycles. The second-order valence-electron chi connectivity index (χ2n) is 4.22. The summed E-state index contributed by atoms with van der Waals surface area (Å²) in [7, 11) is 1.56. The predicted molar refractivity (Wildman–Crippen MR) is 61.0 cm³/mol. The van der Waals surface area contributed by atoms with Crippen LogP contribution in [-0.4, -0.2) is 24.8 Å². The van der Waals surface area contributed by atoms with E-state index in [2.05, 4.69) is 0 Å². The second kappa shape index (κ2) is 5.56. The van der Waals surface area contributed by atoms with E-state index in [-0.39, 0.29) is 5.69 Å². The standard InChI is InChI=1S/C12H15F4NO/c1-8(18)5-6-17(2)11-4-3-9(7-10(11)13)12(14,15)16/h3-4,7-8,18H,5-6H2,1-2H3. The lowest BCUT2D eigenvalue weighted by atomic mass is 10.1. The number of nitrogens with zero attached hydrogens (tertiary/aromatic N) is 1. The highest BCUT2D eigenvalue weighted by atomic mass is 19.4. The second-order valence-corrected chi connectivity index (χ2v) is 4.22. The minimum absolute atomic E-state index is 0.0867. The molecule has 0 fully saturated rings. The summed E-state index contributed by atoms with van der Waals surface area (Å²) in [6.45, 7) is 1.96. The van der Waals surface area contributed by atoms with Gasteiger partial charge in [-0.25, -0.2) is 4.39 Å². The molecule has 0 aliphatic carbocycles. The maximum absolute atomic E-state index is 13.6. The van der Waals surface area contributed by atoms with Crippen molar-refractivity contribution in [3.8, 4) is 0 Å². The highest BCUT2D eigenvalue weighted by Crippen LogP contribution is 2.32. The van der Waals surface area contributed by atoms with Crippen molar-refractivity contribution in [2.75, 3.05) is 18.5 Å². The molecule has 2 nitrogen and oxygen atoms in total. The molecule has 6 heteroatoms. The van der Waals surface area contributed by atoms with Crippen LogP contribution < -0.4 is 4.90 Å². The van der Waals surface area contributed by atoms with Crippen molar-refractivity contribution in [2.45, 2.75) is 25.6 Å². The topological polar surface area (TPSA) is 23.5 Å². The van der Waals surface area contributed by atoms with E-state index in [1.165, 1.54) is 4.90 Å². The van der Waals surface area contributed by atoms with Crippen LogP contribution >= 0.6 is 0 Å². The maximum atomic E-state index is 13.6. The molecule has 0 aromatic heterocycles. The molecule has 0 saturated heterocycles. The molecule has 1 rings (SSSR count). The number of halogens is 4. The summed E-state index contributed by atoms with van der Waals surface area (Å²) < 4.78 is 50.6. The summed E-state index contributed by atoms with van der Waals surface area (Å²) in [5.41, 5.74) is -0.920. The Balaban J connectivity index is 2.85. The molecular weight excluding hydrogens is 250 g/mol. The Labute approximate surface area is 103 Å². The summed E-state index contributed by atoms with van der Waals surface area (Å²) >= 11 is 0. The first-order valence-corrected chi connectivity index (χ1v) is 5.47. The Morgan fingerprint density at radius 2 is 1.94 bits per heavy atom. The summed E-state index contributed by atoms with van der Waals surface area (Å²) in [5, 5.41) is 9.10. The molecule has 1 N–H and O–H groups in total. The van der Waals surface area contributed by atoms with Gasteiger partial charge < -0.3 is 10.0 Å². The van der Waals surface area contributed by atoms with Gasteiger partial charge in [-0.15, -0.1) is 0 Å². The van der Waals surface area contributed by atoms with E-state index in [4.69, 9.17) is 5.11 Å². The Bertz CT molecular complexity index is 404. The van der Waals surface area contributed by atoms with Crippen molar-refractivity contribution in [3.63, 3.8) is 0 Å². The van der Waals surface area contributed by atoms with E-state index < -0.39 is 23.7 Å². The summed E-state index contributed by atoms with van der Waals surface area (Å²) in [6.07, 6.45) is -4.67. The van der Waals surface area contributed by atoms with Crippen molar-refractivity contribution in [2.24, 2.45) is 0 Å². The van der Waals surface area contributed by atoms with Crippen LogP contribution in [0.4, 0.5) is 23.2 Å². The molecule has 1 atom stereocenters. The molecule has 102 valence electrons. The van der Waals surface area contributed by atoms with Gasteiger partial charge >= 0.3 is 6.18 Å². The third kappa shape index (κ3) is 3.87. The van der Waals surface area contributed by atoms with Gasteiger partial charge in [-0.2, -0.15) is 13.2 Å². The van der Waals surface area contributed by atoms with Gasteiger partial charge in [-0.3, -0.25) is 0 Å². The number of anilines is 1. The molecule has 0 spiro atoms. The van der Waals surface area contributed by atoms with E-state index in [0.29, 0.717) is 19.0 Å². The summed E-state index contributed by atoms with van der Waals surface area (Å²) in [6, 6.07) is 2.42. The average molecular weight is 265 g/mol. The Kier molecular flexibility index (Phi) is 4.56. The fraction of sp³-hybridized carbons (Fsp3) is 0.500. The number of aliphatic hydroxyl groups excluding tert-OH is 1. The van der Waals surface area contributed by atoms with Crippen molar-refractivity contribution < 1.29 is 22.7 Å². The number of rotatable bonds is 4. The van der Waals surface area contributed by atoms with Crippen LogP contribution in [-0.2, 0) is 6.18 Å². The largest absolute Gasteiger partial charge is 0.416 e. The molecule has 0 heterocycles. The van der Waals surface area contributed by atoms with Gasteiger partial charge in [0.05, 0.1) is 17.4 Å².